The van der Waals surface area contributed by atoms with Crippen LogP contribution in [0.15, 0.2) is 29.4 Å². The monoisotopic (exact) mass is 254 g/mol. The van der Waals surface area contributed by atoms with Crippen molar-refractivity contribution in [3.05, 3.63) is 24.5 Å². The summed E-state index contributed by atoms with van der Waals surface area (Å²) in [5, 5.41) is 3.17. The largest absolute Gasteiger partial charge is 0.468 e. The molecule has 1 unspecified atom stereocenters. The van der Waals surface area contributed by atoms with Crippen LogP contribution < -0.4 is 5.32 Å². The van der Waals surface area contributed by atoms with Gasteiger partial charge in [0.25, 0.3) is 0 Å². The molecule has 1 atom stereocenters. The highest BCUT2D eigenvalue weighted by Crippen LogP contribution is 2.22. The molecule has 5 heteroatoms. The van der Waals surface area contributed by atoms with Gasteiger partial charge in [0, 0.05) is 23.0 Å². The van der Waals surface area contributed by atoms with Crippen molar-refractivity contribution >= 4 is 17.7 Å². The van der Waals surface area contributed by atoms with E-state index >= 15 is 0 Å². The number of carbonyl (C=O) groups is 1. The van der Waals surface area contributed by atoms with Gasteiger partial charge in [0.2, 0.25) is 0 Å². The van der Waals surface area contributed by atoms with Crippen LogP contribution in [0, 0.1) is 0 Å². The van der Waals surface area contributed by atoms with Crippen LogP contribution in [0.3, 0.4) is 0 Å². The Hall–Kier alpha value is -1.07. The third-order valence-corrected chi connectivity index (χ3v) is 3.71. The summed E-state index contributed by atoms with van der Waals surface area (Å²) in [6, 6.07) is 3.85. The fourth-order valence-electron chi connectivity index (χ4n) is 1.46. The highest BCUT2D eigenvalue weighted by atomic mass is 32.2. The van der Waals surface area contributed by atoms with E-state index in [-0.39, 0.29) is 5.97 Å². The smallest absolute Gasteiger partial charge is 0.326 e. The van der Waals surface area contributed by atoms with Crippen LogP contribution >= 0.6 is 11.8 Å². The van der Waals surface area contributed by atoms with Crippen molar-refractivity contribution in [1.82, 2.24) is 10.3 Å². The van der Waals surface area contributed by atoms with Gasteiger partial charge >= 0.3 is 5.97 Å². The Balaban J connectivity index is 2.64. The highest BCUT2D eigenvalue weighted by Gasteiger charge is 2.33. The minimum atomic E-state index is -0.655. The number of ether oxygens (including phenoxy) is 1. The molecule has 1 heterocycles. The number of nitrogens with one attached hydrogen (secondary N) is 1. The quantitative estimate of drug-likeness (QED) is 0.619. The summed E-state index contributed by atoms with van der Waals surface area (Å²) in [6.07, 6.45) is 3.48. The summed E-state index contributed by atoms with van der Waals surface area (Å²) in [5.74, 6) is 0.387. The molecule has 0 fully saturated rings. The van der Waals surface area contributed by atoms with Crippen LogP contribution in [0.25, 0.3) is 0 Å². The van der Waals surface area contributed by atoms with E-state index in [0.717, 1.165) is 11.4 Å². The highest BCUT2D eigenvalue weighted by molar-refractivity contribution is 7.99. The molecule has 0 aliphatic heterocycles. The second-order valence-electron chi connectivity index (χ2n) is 3.83. The average Bonchev–Trinajstić information content (AvgIpc) is 2.37. The zero-order valence-corrected chi connectivity index (χ0v) is 11.2. The first-order chi connectivity index (χ1) is 8.12. The van der Waals surface area contributed by atoms with Crippen molar-refractivity contribution in [2.75, 3.05) is 19.4 Å². The minimum Gasteiger partial charge on any atom is -0.468 e. The van der Waals surface area contributed by atoms with Gasteiger partial charge in [-0.1, -0.05) is 6.92 Å². The average molecular weight is 254 g/mol. The first-order valence-corrected chi connectivity index (χ1v) is 6.47. The van der Waals surface area contributed by atoms with E-state index in [1.807, 2.05) is 26.0 Å². The predicted octanol–water partition coefficient (Wildman–Crippen LogP) is 1.71. The lowest BCUT2D eigenvalue weighted by Crippen LogP contribution is -2.52. The maximum Gasteiger partial charge on any atom is 0.326 e. The van der Waals surface area contributed by atoms with E-state index in [4.69, 9.17) is 4.74 Å². The topological polar surface area (TPSA) is 51.2 Å². The molecule has 0 spiro atoms. The van der Waals surface area contributed by atoms with Gasteiger partial charge in [-0.05, 0) is 25.6 Å². The minimum absolute atomic E-state index is 0.235. The molecule has 1 aromatic heterocycles. The number of aromatic nitrogens is 1. The first kappa shape index (κ1) is 14.0. The van der Waals surface area contributed by atoms with Crippen molar-refractivity contribution in [3.63, 3.8) is 0 Å². The number of carbonyl (C=O) groups excluding carboxylic acids is 1. The molecule has 0 amide bonds. The van der Waals surface area contributed by atoms with Crippen molar-refractivity contribution in [2.45, 2.75) is 24.3 Å². The van der Waals surface area contributed by atoms with Gasteiger partial charge < -0.3 is 10.1 Å². The van der Waals surface area contributed by atoms with Crippen LogP contribution in [-0.2, 0) is 9.53 Å². The van der Waals surface area contributed by atoms with Gasteiger partial charge in [-0.3, -0.25) is 9.78 Å². The van der Waals surface area contributed by atoms with E-state index in [9.17, 15) is 4.79 Å². The molecule has 0 aromatic carbocycles. The number of hydrogen-bond donors (Lipinski definition) is 1. The van der Waals surface area contributed by atoms with E-state index in [1.165, 1.54) is 7.11 Å². The lowest BCUT2D eigenvalue weighted by atomic mass is 10.1. The Labute approximate surface area is 106 Å². The van der Waals surface area contributed by atoms with Gasteiger partial charge in [0.15, 0.2) is 0 Å². The Kier molecular flexibility index (Phi) is 5.44. The predicted molar refractivity (Wildman–Crippen MR) is 69.1 cm³/mol. The fraction of sp³-hybridized carbons (Fsp3) is 0.500. The lowest BCUT2D eigenvalue weighted by molar-refractivity contribution is -0.146. The summed E-state index contributed by atoms with van der Waals surface area (Å²) in [7, 11) is 1.41. The summed E-state index contributed by atoms with van der Waals surface area (Å²) in [6.45, 7) is 4.55. The molecule has 0 radical (unpaired) electrons. The SMILES string of the molecule is CCNC(C)(CSc1ccncc1)C(=O)OC. The number of likely N-dealkylation sites (N-methyl/N-ethyl adjacent to an activating group) is 1. The van der Waals surface area contributed by atoms with Crippen molar-refractivity contribution in [1.29, 1.82) is 0 Å². The molecule has 0 saturated carbocycles. The Morgan fingerprint density at radius 1 is 1.53 bits per heavy atom. The van der Waals surface area contributed by atoms with Crippen LogP contribution in [0.1, 0.15) is 13.8 Å². The van der Waals surface area contributed by atoms with Gasteiger partial charge in [-0.15, -0.1) is 11.8 Å². The Morgan fingerprint density at radius 2 is 2.18 bits per heavy atom. The molecule has 1 aromatic rings. The molecule has 0 saturated heterocycles. The summed E-state index contributed by atoms with van der Waals surface area (Å²) >= 11 is 1.61. The van der Waals surface area contributed by atoms with Gasteiger partial charge in [0.1, 0.15) is 5.54 Å². The number of methoxy groups -OCH3 is 1. The maximum atomic E-state index is 11.7. The summed E-state index contributed by atoms with van der Waals surface area (Å²) in [5.41, 5.74) is -0.655. The van der Waals surface area contributed by atoms with E-state index in [0.29, 0.717) is 5.75 Å². The number of esters is 1. The van der Waals surface area contributed by atoms with Gasteiger partial charge in [-0.25, -0.2) is 0 Å². The lowest BCUT2D eigenvalue weighted by Gasteiger charge is -2.27. The van der Waals surface area contributed by atoms with Crippen molar-refractivity contribution in [3.8, 4) is 0 Å². The van der Waals surface area contributed by atoms with Crippen molar-refractivity contribution in [2.24, 2.45) is 0 Å². The number of pyridine rings is 1. The number of thioether (sulfide) groups is 1. The van der Waals surface area contributed by atoms with Crippen LogP contribution in [0.2, 0.25) is 0 Å². The molecule has 94 valence electrons. The third-order valence-electron chi connectivity index (χ3n) is 2.38. The normalized spacial score (nSPS) is 14.1. The summed E-state index contributed by atoms with van der Waals surface area (Å²) < 4.78 is 4.83. The third kappa shape index (κ3) is 4.02. The van der Waals surface area contributed by atoms with E-state index in [2.05, 4.69) is 10.3 Å². The van der Waals surface area contributed by atoms with Crippen LogP contribution in [0.4, 0.5) is 0 Å². The van der Waals surface area contributed by atoms with Crippen LogP contribution in [-0.4, -0.2) is 35.9 Å². The Morgan fingerprint density at radius 3 is 2.71 bits per heavy atom. The molecular weight excluding hydrogens is 236 g/mol. The second-order valence-corrected chi connectivity index (χ2v) is 4.87. The van der Waals surface area contributed by atoms with Crippen molar-refractivity contribution < 1.29 is 9.53 Å². The Bertz CT molecular complexity index is 359. The number of hydrogen-bond acceptors (Lipinski definition) is 5. The molecule has 17 heavy (non-hydrogen) atoms. The van der Waals surface area contributed by atoms with E-state index in [1.54, 1.807) is 24.2 Å². The summed E-state index contributed by atoms with van der Waals surface area (Å²) in [4.78, 5) is 16.8. The fourth-order valence-corrected chi connectivity index (χ4v) is 2.45. The first-order valence-electron chi connectivity index (χ1n) is 5.48. The molecule has 4 nitrogen and oxygen atoms in total. The molecule has 1 rings (SSSR count). The second kappa shape index (κ2) is 6.61. The molecule has 0 aliphatic carbocycles. The molecule has 1 N–H and O–H groups in total. The number of nitrogens with zero attached hydrogens (tertiary/aromatic N) is 1. The molecule has 0 aliphatic rings. The zero-order valence-electron chi connectivity index (χ0n) is 10.4. The van der Waals surface area contributed by atoms with Gasteiger partial charge in [0.05, 0.1) is 7.11 Å². The number of rotatable bonds is 6. The zero-order chi connectivity index (χ0) is 12.7. The molecular formula is C12H18N2O2S. The maximum absolute atomic E-state index is 11.7. The molecule has 0 bridgehead atoms. The van der Waals surface area contributed by atoms with E-state index < -0.39 is 5.54 Å². The van der Waals surface area contributed by atoms with Crippen LogP contribution in [0.5, 0.6) is 0 Å². The van der Waals surface area contributed by atoms with Gasteiger partial charge in [-0.2, -0.15) is 0 Å². The standard InChI is InChI=1S/C12H18N2O2S/c1-4-14-12(2,11(15)16-3)9-17-10-5-7-13-8-6-10/h5-8,14H,4,9H2,1-3H3.